The molecule has 0 bridgehead atoms. The molecule has 0 unspecified atom stereocenters. The summed E-state index contributed by atoms with van der Waals surface area (Å²) in [7, 11) is 0. The minimum absolute atomic E-state index is 0.405. The van der Waals surface area contributed by atoms with Gasteiger partial charge in [0, 0.05) is 28.1 Å². The molecule has 0 fully saturated rings. The van der Waals surface area contributed by atoms with Crippen LogP contribution in [0.15, 0.2) is 45.7 Å². The van der Waals surface area contributed by atoms with Gasteiger partial charge in [-0.15, -0.1) is 0 Å². The molecule has 0 aliphatic carbocycles. The summed E-state index contributed by atoms with van der Waals surface area (Å²) in [5.74, 6) is 0.950. The largest absolute Gasteiger partial charge is 0.398 e. The molecule has 0 saturated carbocycles. The van der Waals surface area contributed by atoms with Gasteiger partial charge in [-0.2, -0.15) is 4.98 Å². The first-order valence-corrected chi connectivity index (χ1v) is 7.30. The third-order valence-corrected chi connectivity index (χ3v) is 3.69. The number of aryl methyl sites for hydroxylation is 1. The van der Waals surface area contributed by atoms with E-state index in [0.29, 0.717) is 17.4 Å². The lowest BCUT2D eigenvalue weighted by atomic mass is 10.1. The second-order valence-corrected chi connectivity index (χ2v) is 5.46. The van der Waals surface area contributed by atoms with Crippen LogP contribution >= 0.6 is 15.9 Å². The Morgan fingerprint density at radius 3 is 2.90 bits per heavy atom. The Bertz CT molecular complexity index is 785. The molecule has 0 spiro atoms. The van der Waals surface area contributed by atoms with Crippen molar-refractivity contribution in [3.05, 3.63) is 46.7 Å². The average molecular weight is 345 g/mol. The summed E-state index contributed by atoms with van der Waals surface area (Å²) >= 11 is 3.41. The van der Waals surface area contributed by atoms with Gasteiger partial charge in [0.15, 0.2) is 0 Å². The molecule has 2 N–H and O–H groups in total. The van der Waals surface area contributed by atoms with E-state index in [2.05, 4.69) is 38.0 Å². The number of halogens is 1. The van der Waals surface area contributed by atoms with E-state index in [9.17, 15) is 0 Å². The van der Waals surface area contributed by atoms with Crippen LogP contribution in [-0.4, -0.2) is 15.1 Å². The van der Waals surface area contributed by atoms with Crippen molar-refractivity contribution in [1.82, 2.24) is 15.1 Å². The average Bonchev–Trinajstić information content (AvgIpc) is 2.99. The SMILES string of the molecule is CCc1cnccc1-c1noc(-c2cc(Br)ccc2N)n1. The zero-order valence-electron chi connectivity index (χ0n) is 11.4. The molecule has 1 aromatic carbocycles. The van der Waals surface area contributed by atoms with E-state index in [4.69, 9.17) is 10.3 Å². The molecular formula is C15H13BrN4O. The second kappa shape index (κ2) is 5.65. The van der Waals surface area contributed by atoms with Crippen molar-refractivity contribution in [2.24, 2.45) is 0 Å². The number of benzene rings is 1. The first-order valence-electron chi connectivity index (χ1n) is 6.51. The Morgan fingerprint density at radius 1 is 1.24 bits per heavy atom. The molecule has 5 nitrogen and oxygen atoms in total. The smallest absolute Gasteiger partial charge is 0.260 e. The highest BCUT2D eigenvalue weighted by molar-refractivity contribution is 9.10. The van der Waals surface area contributed by atoms with E-state index in [1.807, 2.05) is 24.4 Å². The van der Waals surface area contributed by atoms with Crippen LogP contribution in [0, 0.1) is 0 Å². The van der Waals surface area contributed by atoms with Crippen LogP contribution in [0.1, 0.15) is 12.5 Å². The molecule has 0 atom stereocenters. The predicted molar refractivity (Wildman–Crippen MR) is 84.5 cm³/mol. The van der Waals surface area contributed by atoms with Crippen molar-refractivity contribution in [1.29, 1.82) is 0 Å². The van der Waals surface area contributed by atoms with Gasteiger partial charge >= 0.3 is 0 Å². The summed E-state index contributed by atoms with van der Waals surface area (Å²) < 4.78 is 6.27. The van der Waals surface area contributed by atoms with Crippen LogP contribution in [0.25, 0.3) is 22.8 Å². The summed E-state index contributed by atoms with van der Waals surface area (Å²) in [4.78, 5) is 8.57. The monoisotopic (exact) mass is 344 g/mol. The van der Waals surface area contributed by atoms with Gasteiger partial charge in [0.2, 0.25) is 5.82 Å². The van der Waals surface area contributed by atoms with Crippen LogP contribution in [0.3, 0.4) is 0 Å². The zero-order chi connectivity index (χ0) is 14.8. The fourth-order valence-corrected chi connectivity index (χ4v) is 2.44. The zero-order valence-corrected chi connectivity index (χ0v) is 13.0. The van der Waals surface area contributed by atoms with E-state index in [1.165, 1.54) is 0 Å². The van der Waals surface area contributed by atoms with Gasteiger partial charge in [-0.3, -0.25) is 4.98 Å². The maximum absolute atomic E-state index is 5.97. The van der Waals surface area contributed by atoms with E-state index >= 15 is 0 Å². The summed E-state index contributed by atoms with van der Waals surface area (Å²) in [5, 5.41) is 4.06. The molecule has 0 amide bonds. The highest BCUT2D eigenvalue weighted by atomic mass is 79.9. The Morgan fingerprint density at radius 2 is 2.10 bits per heavy atom. The molecule has 0 saturated heterocycles. The number of hydrogen-bond donors (Lipinski definition) is 1. The normalized spacial score (nSPS) is 10.8. The number of nitrogens with zero attached hydrogens (tertiary/aromatic N) is 3. The van der Waals surface area contributed by atoms with Crippen molar-refractivity contribution in [2.75, 3.05) is 5.73 Å². The molecule has 106 valence electrons. The van der Waals surface area contributed by atoms with Gasteiger partial charge in [0.05, 0.1) is 5.56 Å². The lowest BCUT2D eigenvalue weighted by Gasteiger charge is -2.01. The molecule has 0 aliphatic heterocycles. The fourth-order valence-electron chi connectivity index (χ4n) is 2.08. The van der Waals surface area contributed by atoms with E-state index < -0.39 is 0 Å². The van der Waals surface area contributed by atoms with Crippen molar-refractivity contribution in [2.45, 2.75) is 13.3 Å². The quantitative estimate of drug-likeness (QED) is 0.732. The summed E-state index contributed by atoms with van der Waals surface area (Å²) in [6.45, 7) is 2.06. The molecule has 0 aliphatic rings. The van der Waals surface area contributed by atoms with Crippen LogP contribution in [-0.2, 0) is 6.42 Å². The topological polar surface area (TPSA) is 77.8 Å². The Hall–Kier alpha value is -2.21. The van der Waals surface area contributed by atoms with Crippen molar-refractivity contribution in [3.8, 4) is 22.8 Å². The number of anilines is 1. The van der Waals surface area contributed by atoms with Gasteiger partial charge in [0.25, 0.3) is 5.89 Å². The maximum atomic E-state index is 5.97. The van der Waals surface area contributed by atoms with Crippen molar-refractivity contribution < 1.29 is 4.52 Å². The van der Waals surface area contributed by atoms with Crippen LogP contribution < -0.4 is 5.73 Å². The number of hydrogen-bond acceptors (Lipinski definition) is 5. The Labute approximate surface area is 130 Å². The van der Waals surface area contributed by atoms with E-state index in [1.54, 1.807) is 12.3 Å². The fraction of sp³-hybridized carbons (Fsp3) is 0.133. The predicted octanol–water partition coefficient (Wildman–Crippen LogP) is 3.71. The minimum Gasteiger partial charge on any atom is -0.398 e. The standard InChI is InChI=1S/C15H13BrN4O/c1-2-9-8-18-6-5-11(9)14-19-15(21-20-14)12-7-10(16)3-4-13(12)17/h3-8H,2,17H2,1H3. The summed E-state index contributed by atoms with van der Waals surface area (Å²) in [6.07, 6.45) is 4.39. The molecular weight excluding hydrogens is 332 g/mol. The molecule has 21 heavy (non-hydrogen) atoms. The third-order valence-electron chi connectivity index (χ3n) is 3.20. The second-order valence-electron chi connectivity index (χ2n) is 4.54. The first-order chi connectivity index (χ1) is 10.2. The van der Waals surface area contributed by atoms with Gasteiger partial charge in [0.1, 0.15) is 0 Å². The van der Waals surface area contributed by atoms with Crippen molar-refractivity contribution >= 4 is 21.6 Å². The number of nitrogens with two attached hydrogens (primary N) is 1. The molecule has 3 rings (SSSR count). The molecule has 0 radical (unpaired) electrons. The van der Waals surface area contributed by atoms with Gasteiger partial charge in [-0.05, 0) is 36.2 Å². The highest BCUT2D eigenvalue weighted by Crippen LogP contribution is 2.30. The molecule has 2 aromatic heterocycles. The first kappa shape index (κ1) is 13.8. The summed E-state index contributed by atoms with van der Waals surface area (Å²) in [5.41, 5.74) is 9.28. The lowest BCUT2D eigenvalue weighted by molar-refractivity contribution is 0.432. The van der Waals surface area contributed by atoms with E-state index in [0.717, 1.165) is 27.6 Å². The number of aromatic nitrogens is 3. The van der Waals surface area contributed by atoms with Crippen molar-refractivity contribution in [3.63, 3.8) is 0 Å². The van der Waals surface area contributed by atoms with Gasteiger partial charge < -0.3 is 10.3 Å². The van der Waals surface area contributed by atoms with Gasteiger partial charge in [-0.25, -0.2) is 0 Å². The highest BCUT2D eigenvalue weighted by Gasteiger charge is 2.15. The van der Waals surface area contributed by atoms with Crippen LogP contribution in [0.4, 0.5) is 5.69 Å². The number of pyridine rings is 1. The Kier molecular flexibility index (Phi) is 3.70. The van der Waals surface area contributed by atoms with Crippen LogP contribution in [0.5, 0.6) is 0 Å². The minimum atomic E-state index is 0.405. The number of nitrogen functional groups attached to an aromatic ring is 1. The Balaban J connectivity index is 2.06. The van der Waals surface area contributed by atoms with E-state index in [-0.39, 0.29) is 0 Å². The van der Waals surface area contributed by atoms with Crippen LogP contribution in [0.2, 0.25) is 0 Å². The molecule has 3 aromatic rings. The molecule has 6 heteroatoms. The molecule has 2 heterocycles. The third kappa shape index (κ3) is 2.67. The maximum Gasteiger partial charge on any atom is 0.260 e. The lowest BCUT2D eigenvalue weighted by Crippen LogP contribution is -1.92. The van der Waals surface area contributed by atoms with Gasteiger partial charge in [-0.1, -0.05) is 28.0 Å². The number of rotatable bonds is 3. The summed E-state index contributed by atoms with van der Waals surface area (Å²) in [6, 6.07) is 7.42.